The first-order valence-corrected chi connectivity index (χ1v) is 8.95. The van der Waals surface area contributed by atoms with Crippen LogP contribution in [0.5, 0.6) is 0 Å². The van der Waals surface area contributed by atoms with Crippen molar-refractivity contribution in [3.8, 4) is 0 Å². The highest BCUT2D eigenvalue weighted by Gasteiger charge is 2.47. The molecule has 130 valence electrons. The Bertz CT molecular complexity index is 406. The van der Waals surface area contributed by atoms with E-state index in [2.05, 4.69) is 6.58 Å². The molecule has 0 atom stereocenters. The summed E-state index contributed by atoms with van der Waals surface area (Å²) in [5.41, 5.74) is -3.55. The fourth-order valence-electron chi connectivity index (χ4n) is 1.76. The van der Waals surface area contributed by atoms with Crippen LogP contribution in [0, 0.1) is 0 Å². The van der Waals surface area contributed by atoms with Gasteiger partial charge in [-0.1, -0.05) is 38.7 Å². The quantitative estimate of drug-likeness (QED) is 0.242. The topological polar surface area (TPSA) is 83.8 Å². The van der Waals surface area contributed by atoms with Crippen LogP contribution in [0.25, 0.3) is 0 Å². The molecular weight excluding hydrogens is 317 g/mol. The Balaban J connectivity index is 3.47. The molecule has 0 radical (unpaired) electrons. The van der Waals surface area contributed by atoms with E-state index >= 15 is 0 Å². The van der Waals surface area contributed by atoms with Crippen molar-refractivity contribution in [3.63, 3.8) is 0 Å². The smallest absolute Gasteiger partial charge is 0.394 e. The van der Waals surface area contributed by atoms with Crippen LogP contribution in [0.2, 0.25) is 0 Å². The molecular formula is C14H25F2O5P. The molecule has 0 heterocycles. The van der Waals surface area contributed by atoms with Crippen LogP contribution >= 0.6 is 7.60 Å². The number of hydrogen-bond acceptors (Lipinski definition) is 3. The summed E-state index contributed by atoms with van der Waals surface area (Å²) in [6, 6.07) is 0. The van der Waals surface area contributed by atoms with Gasteiger partial charge in [-0.05, 0) is 19.8 Å². The maximum Gasteiger partial charge on any atom is 0.394 e. The molecule has 5 nitrogen and oxygen atoms in total. The molecule has 0 aliphatic rings. The van der Waals surface area contributed by atoms with E-state index in [1.165, 1.54) is 0 Å². The lowest BCUT2D eigenvalue weighted by atomic mass is 10.1. The van der Waals surface area contributed by atoms with Crippen molar-refractivity contribution < 1.29 is 32.7 Å². The number of ether oxygens (including phenoxy) is 1. The molecule has 0 bridgehead atoms. The number of carbonyl (C=O) groups is 1. The molecule has 0 aliphatic heterocycles. The number of hydrogen-bond donors (Lipinski definition) is 2. The van der Waals surface area contributed by atoms with Gasteiger partial charge in [-0.2, -0.15) is 8.78 Å². The first kappa shape index (κ1) is 21.2. The maximum atomic E-state index is 13.0. The van der Waals surface area contributed by atoms with Crippen LogP contribution in [-0.4, -0.2) is 28.0 Å². The first-order chi connectivity index (χ1) is 10.1. The van der Waals surface area contributed by atoms with E-state index in [1.807, 2.05) is 0 Å². The number of unbranched alkanes of at least 4 members (excludes halogenated alkanes) is 6. The SMILES string of the molecule is C=C(C)C(=O)OCCCCCCCCCC(F)(F)P(=O)(O)O. The fraction of sp³-hybridized carbons (Fsp3) is 0.786. The van der Waals surface area contributed by atoms with Crippen molar-refractivity contribution in [2.45, 2.75) is 64.0 Å². The largest absolute Gasteiger partial charge is 0.462 e. The van der Waals surface area contributed by atoms with Crippen LogP contribution in [-0.2, 0) is 14.1 Å². The summed E-state index contributed by atoms with van der Waals surface area (Å²) < 4.78 is 41.3. The third-order valence-electron chi connectivity index (χ3n) is 3.13. The molecule has 0 fully saturated rings. The molecule has 0 aromatic heterocycles. The molecule has 0 saturated carbocycles. The average Bonchev–Trinajstić information content (AvgIpc) is 2.39. The van der Waals surface area contributed by atoms with E-state index in [0.29, 0.717) is 18.6 Å². The van der Waals surface area contributed by atoms with E-state index < -0.39 is 25.6 Å². The van der Waals surface area contributed by atoms with Crippen LogP contribution in [0.1, 0.15) is 58.3 Å². The van der Waals surface area contributed by atoms with Crippen LogP contribution in [0.3, 0.4) is 0 Å². The van der Waals surface area contributed by atoms with Crippen LogP contribution in [0.4, 0.5) is 8.78 Å². The lowest BCUT2D eigenvalue weighted by molar-refractivity contribution is -0.139. The Hall–Kier alpha value is -0.780. The summed E-state index contributed by atoms with van der Waals surface area (Å²) in [7, 11) is -5.34. The van der Waals surface area contributed by atoms with E-state index in [-0.39, 0.29) is 6.42 Å². The summed E-state index contributed by atoms with van der Waals surface area (Å²) in [6.45, 7) is 5.40. The van der Waals surface area contributed by atoms with Gasteiger partial charge in [0.1, 0.15) is 0 Å². The molecule has 2 N–H and O–H groups in total. The van der Waals surface area contributed by atoms with Crippen molar-refractivity contribution in [1.29, 1.82) is 0 Å². The summed E-state index contributed by atoms with van der Waals surface area (Å²) >= 11 is 0. The van der Waals surface area contributed by atoms with Crippen molar-refractivity contribution >= 4 is 13.6 Å². The van der Waals surface area contributed by atoms with Crippen molar-refractivity contribution in [3.05, 3.63) is 12.2 Å². The van der Waals surface area contributed by atoms with Crippen molar-refractivity contribution in [2.75, 3.05) is 6.61 Å². The van der Waals surface area contributed by atoms with Crippen molar-refractivity contribution in [2.24, 2.45) is 0 Å². The van der Waals surface area contributed by atoms with Gasteiger partial charge in [0.15, 0.2) is 0 Å². The normalized spacial score (nSPS) is 12.2. The zero-order chi connectivity index (χ0) is 17.2. The molecule has 0 unspecified atom stereocenters. The highest BCUT2D eigenvalue weighted by Crippen LogP contribution is 2.55. The van der Waals surface area contributed by atoms with Gasteiger partial charge >= 0.3 is 19.2 Å². The Morgan fingerprint density at radius 3 is 2.00 bits per heavy atom. The summed E-state index contributed by atoms with van der Waals surface area (Å²) in [5.74, 6) is -0.397. The highest BCUT2D eigenvalue weighted by molar-refractivity contribution is 7.53. The van der Waals surface area contributed by atoms with E-state index in [4.69, 9.17) is 14.5 Å². The molecule has 0 aliphatic carbocycles. The van der Waals surface area contributed by atoms with E-state index in [0.717, 1.165) is 32.1 Å². The van der Waals surface area contributed by atoms with Gasteiger partial charge in [-0.3, -0.25) is 4.57 Å². The third kappa shape index (κ3) is 9.28. The Morgan fingerprint density at radius 1 is 1.09 bits per heavy atom. The maximum absolute atomic E-state index is 13.0. The number of alkyl halides is 2. The van der Waals surface area contributed by atoms with Gasteiger partial charge < -0.3 is 14.5 Å². The van der Waals surface area contributed by atoms with Gasteiger partial charge in [0.25, 0.3) is 0 Å². The summed E-state index contributed by atoms with van der Waals surface area (Å²) in [5, 5.41) is 0. The average molecular weight is 342 g/mol. The molecule has 0 aromatic carbocycles. The lowest BCUT2D eigenvalue weighted by Gasteiger charge is -2.17. The molecule has 0 aromatic rings. The minimum atomic E-state index is -5.34. The van der Waals surface area contributed by atoms with Gasteiger partial charge in [0, 0.05) is 12.0 Å². The van der Waals surface area contributed by atoms with E-state index in [9.17, 15) is 18.1 Å². The predicted molar refractivity (Wildman–Crippen MR) is 79.7 cm³/mol. The molecule has 8 heteroatoms. The third-order valence-corrected chi connectivity index (χ3v) is 4.21. The van der Waals surface area contributed by atoms with Gasteiger partial charge in [-0.15, -0.1) is 0 Å². The Morgan fingerprint density at radius 2 is 1.55 bits per heavy atom. The standard InChI is InChI=1S/C14H25F2O5P/c1-12(2)13(17)21-11-9-7-5-3-4-6-8-10-14(15,16)22(18,19)20/h1,3-11H2,2H3,(H2,18,19,20). The molecule has 0 amide bonds. The molecule has 0 saturated heterocycles. The second-order valence-corrected chi connectivity index (χ2v) is 7.09. The molecule has 0 spiro atoms. The predicted octanol–water partition coefficient (Wildman–Crippen LogP) is 4.00. The Kier molecular flexibility index (Phi) is 9.72. The first-order valence-electron chi connectivity index (χ1n) is 7.34. The number of carbonyl (C=O) groups excluding carboxylic acids is 1. The number of esters is 1. The monoisotopic (exact) mass is 342 g/mol. The van der Waals surface area contributed by atoms with Crippen LogP contribution < -0.4 is 0 Å². The zero-order valence-electron chi connectivity index (χ0n) is 12.9. The molecule has 0 rings (SSSR count). The summed E-state index contributed by atoms with van der Waals surface area (Å²) in [4.78, 5) is 28.0. The second kappa shape index (κ2) is 10.1. The van der Waals surface area contributed by atoms with Gasteiger partial charge in [0.2, 0.25) is 0 Å². The highest BCUT2D eigenvalue weighted by atomic mass is 31.2. The van der Waals surface area contributed by atoms with Gasteiger partial charge in [0.05, 0.1) is 6.61 Å². The fourth-order valence-corrected chi connectivity index (χ4v) is 2.21. The van der Waals surface area contributed by atoms with Crippen LogP contribution in [0.15, 0.2) is 12.2 Å². The molecule has 22 heavy (non-hydrogen) atoms. The lowest BCUT2D eigenvalue weighted by Crippen LogP contribution is -2.15. The van der Waals surface area contributed by atoms with E-state index in [1.54, 1.807) is 6.92 Å². The summed E-state index contributed by atoms with van der Waals surface area (Å²) in [6.07, 6.45) is 3.94. The zero-order valence-corrected chi connectivity index (χ0v) is 13.8. The van der Waals surface area contributed by atoms with Crippen molar-refractivity contribution in [1.82, 2.24) is 0 Å². The second-order valence-electron chi connectivity index (χ2n) is 5.35. The number of halogens is 2. The minimum Gasteiger partial charge on any atom is -0.462 e. The number of rotatable bonds is 12. The van der Waals surface area contributed by atoms with Gasteiger partial charge in [-0.25, -0.2) is 4.79 Å². The minimum absolute atomic E-state index is 0.0916. The Labute approximate surface area is 129 Å².